The number of H-pyrrole nitrogens is 1. The number of hydrogen-bond donors (Lipinski definition) is 4. The number of imide groups is 1. The van der Waals surface area contributed by atoms with Crippen LogP contribution in [0.3, 0.4) is 0 Å². The first kappa shape index (κ1) is 21.9. The zero-order chi connectivity index (χ0) is 22.7. The van der Waals surface area contributed by atoms with Gasteiger partial charge in [-0.3, -0.25) is 19.7 Å². The van der Waals surface area contributed by atoms with Gasteiger partial charge in [-0.1, -0.05) is 18.2 Å². The zero-order valence-electron chi connectivity index (χ0n) is 17.6. The molecule has 3 aromatic rings. The Kier molecular flexibility index (Phi) is 6.45. The number of thiophene rings is 1. The molecule has 0 spiro atoms. The fraction of sp³-hybridized carbons (Fsp3) is 0.273. The van der Waals surface area contributed by atoms with E-state index >= 15 is 0 Å². The first-order valence-corrected chi connectivity index (χ1v) is 11.0. The van der Waals surface area contributed by atoms with Gasteiger partial charge in [0.2, 0.25) is 5.91 Å². The summed E-state index contributed by atoms with van der Waals surface area (Å²) >= 11 is 1.35. The molecule has 10 heteroatoms. The van der Waals surface area contributed by atoms with Crippen LogP contribution in [0.15, 0.2) is 42.9 Å². The second-order valence-electron chi connectivity index (χ2n) is 7.72. The first-order chi connectivity index (χ1) is 15.4. The van der Waals surface area contributed by atoms with E-state index in [0.717, 1.165) is 22.7 Å². The summed E-state index contributed by atoms with van der Waals surface area (Å²) in [5.74, 6) is -1.43. The van der Waals surface area contributed by atoms with Crippen molar-refractivity contribution in [2.75, 3.05) is 18.9 Å². The SMILES string of the molecule is CN1CCc2c(sc(NC(=O)[C@@H](N)Cc3cnc[nH]3)c2C(=O)NC(=O)c2ccccc2)C1. The van der Waals surface area contributed by atoms with Gasteiger partial charge in [-0.25, -0.2) is 4.98 Å². The fourth-order valence-corrected chi connectivity index (χ4v) is 4.95. The van der Waals surface area contributed by atoms with Crippen LogP contribution < -0.4 is 16.4 Å². The van der Waals surface area contributed by atoms with E-state index in [1.807, 2.05) is 7.05 Å². The molecule has 0 saturated heterocycles. The summed E-state index contributed by atoms with van der Waals surface area (Å²) in [4.78, 5) is 48.4. The summed E-state index contributed by atoms with van der Waals surface area (Å²) in [5.41, 5.74) is 8.40. The minimum Gasteiger partial charge on any atom is -0.348 e. The van der Waals surface area contributed by atoms with Gasteiger partial charge in [-0.15, -0.1) is 11.3 Å². The number of benzene rings is 1. The van der Waals surface area contributed by atoms with Gasteiger partial charge in [0, 0.05) is 41.8 Å². The number of carbonyl (C=O) groups is 3. The number of hydrogen-bond acceptors (Lipinski definition) is 7. The van der Waals surface area contributed by atoms with Crippen molar-refractivity contribution in [3.63, 3.8) is 0 Å². The number of fused-ring (bicyclic) bond motifs is 1. The average Bonchev–Trinajstić information content (AvgIpc) is 3.41. The number of likely N-dealkylation sites (N-methyl/N-ethyl adjacent to an activating group) is 1. The lowest BCUT2D eigenvalue weighted by Gasteiger charge is -2.22. The molecule has 0 bridgehead atoms. The lowest BCUT2D eigenvalue weighted by atomic mass is 10.0. The maximum absolute atomic E-state index is 13.1. The third-order valence-corrected chi connectivity index (χ3v) is 6.44. The monoisotopic (exact) mass is 452 g/mol. The molecule has 1 aliphatic rings. The van der Waals surface area contributed by atoms with Crippen LogP contribution in [-0.2, 0) is 24.2 Å². The van der Waals surface area contributed by atoms with Crippen molar-refractivity contribution in [2.24, 2.45) is 5.73 Å². The molecule has 3 heterocycles. The summed E-state index contributed by atoms with van der Waals surface area (Å²) in [6.07, 6.45) is 4.07. The molecule has 1 atom stereocenters. The Morgan fingerprint density at radius 3 is 2.75 bits per heavy atom. The van der Waals surface area contributed by atoms with E-state index in [0.29, 0.717) is 29.1 Å². The Balaban J connectivity index is 1.57. The molecular formula is C22H24N6O3S. The quantitative estimate of drug-likeness (QED) is 0.419. The van der Waals surface area contributed by atoms with Crippen molar-refractivity contribution in [2.45, 2.75) is 25.4 Å². The Bertz CT molecular complexity index is 1130. The molecule has 9 nitrogen and oxygen atoms in total. The number of aromatic nitrogens is 2. The Morgan fingerprint density at radius 1 is 1.25 bits per heavy atom. The van der Waals surface area contributed by atoms with Gasteiger partial charge >= 0.3 is 0 Å². The summed E-state index contributed by atoms with van der Waals surface area (Å²) < 4.78 is 0. The third-order valence-electron chi connectivity index (χ3n) is 5.31. The normalized spacial score (nSPS) is 14.4. The smallest absolute Gasteiger partial charge is 0.261 e. The molecule has 0 unspecified atom stereocenters. The number of nitrogens with one attached hydrogen (secondary N) is 3. The topological polar surface area (TPSA) is 133 Å². The third kappa shape index (κ3) is 4.77. The number of nitrogens with zero attached hydrogens (tertiary/aromatic N) is 2. The first-order valence-electron chi connectivity index (χ1n) is 10.2. The summed E-state index contributed by atoms with van der Waals surface area (Å²) in [7, 11) is 2.00. The van der Waals surface area contributed by atoms with Crippen LogP contribution in [0.4, 0.5) is 5.00 Å². The number of anilines is 1. The van der Waals surface area contributed by atoms with E-state index in [9.17, 15) is 14.4 Å². The summed E-state index contributed by atoms with van der Waals surface area (Å²) in [5, 5.41) is 5.69. The van der Waals surface area contributed by atoms with Crippen molar-refractivity contribution >= 4 is 34.1 Å². The number of rotatable bonds is 6. The van der Waals surface area contributed by atoms with Crippen LogP contribution in [0.2, 0.25) is 0 Å². The lowest BCUT2D eigenvalue weighted by Crippen LogP contribution is -2.38. The Morgan fingerprint density at radius 2 is 2.03 bits per heavy atom. The zero-order valence-corrected chi connectivity index (χ0v) is 18.4. The van der Waals surface area contributed by atoms with Gasteiger partial charge in [0.25, 0.3) is 11.8 Å². The Hall–Kier alpha value is -3.34. The van der Waals surface area contributed by atoms with Crippen LogP contribution in [0.1, 0.15) is 36.9 Å². The van der Waals surface area contributed by atoms with E-state index < -0.39 is 23.8 Å². The van der Waals surface area contributed by atoms with Gasteiger partial charge in [0.1, 0.15) is 5.00 Å². The highest BCUT2D eigenvalue weighted by molar-refractivity contribution is 7.17. The number of carbonyl (C=O) groups excluding carboxylic acids is 3. The predicted octanol–water partition coefficient (Wildman–Crippen LogP) is 1.54. The van der Waals surface area contributed by atoms with Crippen molar-refractivity contribution in [3.05, 3.63) is 70.1 Å². The molecule has 5 N–H and O–H groups in total. The highest BCUT2D eigenvalue weighted by Crippen LogP contribution is 2.37. The van der Waals surface area contributed by atoms with Crippen LogP contribution >= 0.6 is 11.3 Å². The van der Waals surface area contributed by atoms with Gasteiger partial charge in [-0.05, 0) is 31.2 Å². The fourth-order valence-electron chi connectivity index (χ4n) is 3.62. The summed E-state index contributed by atoms with van der Waals surface area (Å²) in [6, 6.07) is 7.71. The highest BCUT2D eigenvalue weighted by atomic mass is 32.1. The van der Waals surface area contributed by atoms with Crippen LogP contribution in [0.25, 0.3) is 0 Å². The summed E-state index contributed by atoms with van der Waals surface area (Å²) in [6.45, 7) is 1.45. The molecule has 32 heavy (non-hydrogen) atoms. The minimum absolute atomic E-state index is 0.285. The number of nitrogens with two attached hydrogens (primary N) is 1. The molecular weight excluding hydrogens is 428 g/mol. The van der Waals surface area contributed by atoms with Crippen molar-refractivity contribution in [3.8, 4) is 0 Å². The Labute approximate surface area is 189 Å². The van der Waals surface area contributed by atoms with Gasteiger partial charge in [-0.2, -0.15) is 0 Å². The second-order valence-corrected chi connectivity index (χ2v) is 8.83. The molecule has 0 aliphatic carbocycles. The molecule has 1 aromatic carbocycles. The van der Waals surface area contributed by atoms with E-state index in [-0.39, 0.29) is 6.42 Å². The maximum atomic E-state index is 13.1. The van der Waals surface area contributed by atoms with E-state index in [2.05, 4.69) is 25.5 Å². The molecule has 2 aromatic heterocycles. The molecule has 4 rings (SSSR count). The maximum Gasteiger partial charge on any atom is 0.261 e. The molecule has 3 amide bonds. The number of aromatic amines is 1. The minimum atomic E-state index is -0.820. The van der Waals surface area contributed by atoms with E-state index in [1.165, 1.54) is 17.7 Å². The average molecular weight is 453 g/mol. The van der Waals surface area contributed by atoms with Crippen molar-refractivity contribution < 1.29 is 14.4 Å². The van der Waals surface area contributed by atoms with Crippen LogP contribution in [0, 0.1) is 0 Å². The van der Waals surface area contributed by atoms with Crippen LogP contribution in [-0.4, -0.2) is 52.2 Å². The van der Waals surface area contributed by atoms with Gasteiger partial charge < -0.3 is 20.9 Å². The molecule has 0 radical (unpaired) electrons. The van der Waals surface area contributed by atoms with Crippen molar-refractivity contribution in [1.29, 1.82) is 0 Å². The van der Waals surface area contributed by atoms with Gasteiger partial charge in [0.05, 0.1) is 17.9 Å². The van der Waals surface area contributed by atoms with Gasteiger partial charge in [0.15, 0.2) is 0 Å². The second kappa shape index (κ2) is 9.43. The molecule has 166 valence electrons. The van der Waals surface area contributed by atoms with E-state index in [1.54, 1.807) is 36.5 Å². The van der Waals surface area contributed by atoms with Crippen LogP contribution in [0.5, 0.6) is 0 Å². The standard InChI is InChI=1S/C22H24N6O3S/c1-28-8-7-15-17(11-28)32-22(27-20(30)16(23)9-14-10-24-12-25-14)18(15)21(31)26-19(29)13-5-3-2-4-6-13/h2-6,10,12,16H,7-9,11,23H2,1H3,(H,24,25)(H,27,30)(H,26,29,31)/t16-/m0/s1. The number of imidazole rings is 1. The van der Waals surface area contributed by atoms with Crippen molar-refractivity contribution in [1.82, 2.24) is 20.2 Å². The molecule has 1 aliphatic heterocycles. The molecule has 0 saturated carbocycles. The largest absolute Gasteiger partial charge is 0.348 e. The number of amides is 3. The molecule has 0 fully saturated rings. The van der Waals surface area contributed by atoms with E-state index in [4.69, 9.17) is 5.73 Å². The lowest BCUT2D eigenvalue weighted by molar-refractivity contribution is -0.117. The highest BCUT2D eigenvalue weighted by Gasteiger charge is 2.29. The predicted molar refractivity (Wildman–Crippen MR) is 121 cm³/mol.